The largest absolute Gasteiger partial charge is 0.329 e. The van der Waals surface area contributed by atoms with Crippen molar-refractivity contribution in [3.05, 3.63) is 0 Å². The minimum absolute atomic E-state index is 0.0295. The predicted molar refractivity (Wildman–Crippen MR) is 84.3 cm³/mol. The van der Waals surface area contributed by atoms with E-state index in [2.05, 4.69) is 26.1 Å². The van der Waals surface area contributed by atoms with E-state index in [4.69, 9.17) is 0 Å². The molecular formula is C17H30N3O2+. The first kappa shape index (κ1) is 15.8. The van der Waals surface area contributed by atoms with Crippen LogP contribution in [0.2, 0.25) is 0 Å². The van der Waals surface area contributed by atoms with Crippen LogP contribution in [0, 0.1) is 5.92 Å². The number of amides is 3. The number of nitrogens with one attached hydrogen (secondary N) is 2. The lowest BCUT2D eigenvalue weighted by molar-refractivity contribution is -0.957. The third-order valence-corrected chi connectivity index (χ3v) is 6.25. The third-order valence-electron chi connectivity index (χ3n) is 6.25. The molecule has 1 saturated carbocycles. The quantitative estimate of drug-likeness (QED) is 0.755. The third kappa shape index (κ3) is 2.64. The molecule has 2 atom stereocenters. The molecule has 3 fully saturated rings. The SMILES string of the molecule is CC1CCC2(CC1)NC(=O)N(C[NH+]1[C@@H](C)CCC[C@@H]1C)C2=O. The van der Waals surface area contributed by atoms with Crippen molar-refractivity contribution in [3.63, 3.8) is 0 Å². The molecule has 0 aromatic heterocycles. The molecule has 5 nitrogen and oxygen atoms in total. The molecule has 1 aliphatic carbocycles. The van der Waals surface area contributed by atoms with Crippen LogP contribution in [-0.4, -0.2) is 41.1 Å². The molecule has 1 spiro atoms. The van der Waals surface area contributed by atoms with Gasteiger partial charge in [0.15, 0.2) is 6.67 Å². The van der Waals surface area contributed by atoms with Crippen LogP contribution >= 0.6 is 0 Å². The van der Waals surface area contributed by atoms with Crippen LogP contribution in [0.1, 0.15) is 65.7 Å². The number of piperidine rings is 1. The van der Waals surface area contributed by atoms with Crippen molar-refractivity contribution < 1.29 is 14.5 Å². The minimum Gasteiger partial charge on any atom is -0.323 e. The summed E-state index contributed by atoms with van der Waals surface area (Å²) in [5.41, 5.74) is -0.592. The normalized spacial score (nSPS) is 40.3. The number of likely N-dealkylation sites (tertiary alicyclic amines) is 1. The average molecular weight is 308 g/mol. The molecule has 3 amide bonds. The Hall–Kier alpha value is -1.10. The van der Waals surface area contributed by atoms with E-state index < -0.39 is 5.54 Å². The minimum atomic E-state index is -0.592. The molecule has 0 aromatic rings. The van der Waals surface area contributed by atoms with Crippen molar-refractivity contribution in [2.24, 2.45) is 5.92 Å². The zero-order chi connectivity index (χ0) is 15.9. The van der Waals surface area contributed by atoms with E-state index in [1.807, 2.05) is 0 Å². The van der Waals surface area contributed by atoms with E-state index in [0.29, 0.717) is 24.7 Å². The van der Waals surface area contributed by atoms with Crippen LogP contribution < -0.4 is 10.2 Å². The molecule has 2 aliphatic heterocycles. The molecular weight excluding hydrogens is 278 g/mol. The number of quaternary nitrogens is 1. The predicted octanol–water partition coefficient (Wildman–Crippen LogP) is 1.29. The molecule has 3 aliphatic rings. The smallest absolute Gasteiger partial charge is 0.323 e. The van der Waals surface area contributed by atoms with Gasteiger partial charge in [0.05, 0.1) is 12.1 Å². The molecule has 0 unspecified atom stereocenters. The fourth-order valence-electron chi connectivity index (χ4n) is 4.49. The Morgan fingerprint density at radius 3 is 2.27 bits per heavy atom. The molecule has 0 aromatic carbocycles. The van der Waals surface area contributed by atoms with Crippen LogP contribution in [0.5, 0.6) is 0 Å². The lowest BCUT2D eigenvalue weighted by Crippen LogP contribution is -3.20. The van der Waals surface area contributed by atoms with Crippen LogP contribution in [-0.2, 0) is 4.79 Å². The van der Waals surface area contributed by atoms with Gasteiger partial charge in [0.2, 0.25) is 0 Å². The van der Waals surface area contributed by atoms with E-state index in [9.17, 15) is 9.59 Å². The van der Waals surface area contributed by atoms with Gasteiger partial charge in [0.25, 0.3) is 5.91 Å². The van der Waals surface area contributed by atoms with Crippen LogP contribution in [0.25, 0.3) is 0 Å². The van der Waals surface area contributed by atoms with E-state index in [1.165, 1.54) is 29.1 Å². The first-order valence-corrected chi connectivity index (χ1v) is 8.92. The molecule has 22 heavy (non-hydrogen) atoms. The monoisotopic (exact) mass is 308 g/mol. The van der Waals surface area contributed by atoms with Crippen molar-refractivity contribution in [2.45, 2.75) is 83.3 Å². The van der Waals surface area contributed by atoms with Crippen molar-refractivity contribution in [1.29, 1.82) is 0 Å². The van der Waals surface area contributed by atoms with Gasteiger partial charge < -0.3 is 10.2 Å². The van der Waals surface area contributed by atoms with Gasteiger partial charge in [0.1, 0.15) is 5.54 Å². The molecule has 2 N–H and O–H groups in total. The maximum atomic E-state index is 12.9. The average Bonchev–Trinajstić information content (AvgIpc) is 2.70. The maximum Gasteiger partial charge on any atom is 0.329 e. The van der Waals surface area contributed by atoms with Crippen LogP contribution in [0.15, 0.2) is 0 Å². The van der Waals surface area contributed by atoms with Crippen LogP contribution in [0.4, 0.5) is 4.79 Å². The van der Waals surface area contributed by atoms with Gasteiger partial charge in [-0.15, -0.1) is 0 Å². The Morgan fingerprint density at radius 2 is 1.68 bits per heavy atom. The molecule has 3 rings (SSSR count). The lowest BCUT2D eigenvalue weighted by Gasteiger charge is -2.37. The second-order valence-electron chi connectivity index (χ2n) is 7.89. The fourth-order valence-corrected chi connectivity index (χ4v) is 4.49. The highest BCUT2D eigenvalue weighted by Crippen LogP contribution is 2.36. The number of nitrogens with zero attached hydrogens (tertiary/aromatic N) is 1. The molecule has 2 saturated heterocycles. The second-order valence-corrected chi connectivity index (χ2v) is 7.89. The van der Waals surface area contributed by atoms with E-state index in [-0.39, 0.29) is 11.9 Å². The molecule has 124 valence electrons. The molecule has 5 heteroatoms. The van der Waals surface area contributed by atoms with Crippen molar-refractivity contribution >= 4 is 11.9 Å². The lowest BCUT2D eigenvalue weighted by atomic mass is 9.77. The topological polar surface area (TPSA) is 53.9 Å². The van der Waals surface area contributed by atoms with Gasteiger partial charge >= 0.3 is 6.03 Å². The summed E-state index contributed by atoms with van der Waals surface area (Å²) in [7, 11) is 0. The van der Waals surface area contributed by atoms with Gasteiger partial charge in [-0.3, -0.25) is 4.79 Å². The zero-order valence-electron chi connectivity index (χ0n) is 14.2. The highest BCUT2D eigenvalue weighted by atomic mass is 16.2. The first-order valence-electron chi connectivity index (χ1n) is 8.92. The standard InChI is InChI=1S/C17H29N3O2/c1-12-7-9-17(10-8-12)15(21)20(16(22)18-17)11-19-13(2)5-4-6-14(19)3/h12-14H,4-11H2,1-3H3,(H,18,22)/p+1/t12?,13-,14-,17?/m0/s1. The van der Waals surface area contributed by atoms with Gasteiger partial charge in [-0.1, -0.05) is 6.92 Å². The maximum absolute atomic E-state index is 12.9. The Labute approximate surface area is 133 Å². The Bertz CT molecular complexity index is 447. The number of rotatable bonds is 2. The number of imide groups is 1. The highest BCUT2D eigenvalue weighted by Gasteiger charge is 2.53. The summed E-state index contributed by atoms with van der Waals surface area (Å²) < 4.78 is 0. The highest BCUT2D eigenvalue weighted by molar-refractivity contribution is 6.06. The molecule has 2 heterocycles. The van der Waals surface area contributed by atoms with Gasteiger partial charge in [-0.2, -0.15) is 0 Å². The van der Waals surface area contributed by atoms with E-state index >= 15 is 0 Å². The van der Waals surface area contributed by atoms with Crippen molar-refractivity contribution in [1.82, 2.24) is 10.2 Å². The van der Waals surface area contributed by atoms with E-state index in [1.54, 1.807) is 0 Å². The molecule has 0 bridgehead atoms. The fraction of sp³-hybridized carbons (Fsp3) is 0.882. The number of carbonyl (C=O) groups excluding carboxylic acids is 2. The Balaban J connectivity index is 1.72. The summed E-state index contributed by atoms with van der Waals surface area (Å²) in [6.45, 7) is 7.24. The summed E-state index contributed by atoms with van der Waals surface area (Å²) >= 11 is 0. The summed E-state index contributed by atoms with van der Waals surface area (Å²) in [5.74, 6) is 0.694. The van der Waals surface area contributed by atoms with Crippen LogP contribution in [0.3, 0.4) is 0 Å². The summed E-state index contributed by atoms with van der Waals surface area (Å²) in [5, 5.41) is 3.03. The summed E-state index contributed by atoms with van der Waals surface area (Å²) in [6.07, 6.45) is 7.30. The number of hydrogen-bond donors (Lipinski definition) is 2. The first-order chi connectivity index (χ1) is 10.4. The molecule has 0 radical (unpaired) electrons. The second kappa shape index (κ2) is 5.84. The summed E-state index contributed by atoms with van der Waals surface area (Å²) in [6, 6.07) is 0.872. The Morgan fingerprint density at radius 1 is 1.09 bits per heavy atom. The Kier molecular flexibility index (Phi) is 4.19. The van der Waals surface area contributed by atoms with Gasteiger partial charge in [-0.25, -0.2) is 9.69 Å². The van der Waals surface area contributed by atoms with Gasteiger partial charge in [0, 0.05) is 0 Å². The number of carbonyl (C=O) groups is 2. The van der Waals surface area contributed by atoms with E-state index in [0.717, 1.165) is 25.7 Å². The zero-order valence-corrected chi connectivity index (χ0v) is 14.2. The van der Waals surface area contributed by atoms with Crippen molar-refractivity contribution in [3.8, 4) is 0 Å². The van der Waals surface area contributed by atoms with Crippen molar-refractivity contribution in [2.75, 3.05) is 6.67 Å². The number of hydrogen-bond acceptors (Lipinski definition) is 2. The van der Waals surface area contributed by atoms with Gasteiger partial charge in [-0.05, 0) is 64.7 Å². The number of urea groups is 1. The summed E-state index contributed by atoms with van der Waals surface area (Å²) in [4.78, 5) is 28.2.